The standard InChI is InChI=1S/C29H49FO2/c1-18(2)8-7-9-19(3)23-12-13-24-22-11-10-21-16-26(30)27(32-20(4)31)17-29(21,6)25(22)14-15-28(23,24)5/h18-19,21-27H,7-17H2,1-6H3/t19-,21+,22+,23-,24+,25+,26-,27+,28-,29+/m1/s1. The van der Waals surface area contributed by atoms with Crippen LogP contribution >= 0.6 is 0 Å². The molecule has 0 amide bonds. The summed E-state index contributed by atoms with van der Waals surface area (Å²) in [6.45, 7) is 13.7. The number of hydrogen-bond acceptors (Lipinski definition) is 2. The lowest BCUT2D eigenvalue weighted by molar-refractivity contribution is -0.174. The van der Waals surface area contributed by atoms with Gasteiger partial charge < -0.3 is 4.74 Å². The van der Waals surface area contributed by atoms with E-state index >= 15 is 0 Å². The molecule has 0 aromatic rings. The largest absolute Gasteiger partial charge is 0.459 e. The SMILES string of the molecule is CC(=O)O[C@H]1C[C@@]2(C)[C@@H](CC[C@@H]3[C@@H]2CC[C@]2(C)[C@@H]([C@H](C)CCCC(C)C)CC[C@@H]32)C[C@H]1F. The lowest BCUT2D eigenvalue weighted by atomic mass is 9.44. The molecule has 0 aliphatic heterocycles. The third-order valence-electron chi connectivity index (χ3n) is 11.1. The van der Waals surface area contributed by atoms with Crippen LogP contribution in [0.2, 0.25) is 0 Å². The zero-order valence-electron chi connectivity index (χ0n) is 21.7. The summed E-state index contributed by atoms with van der Waals surface area (Å²) < 4.78 is 20.4. The Kier molecular flexibility index (Phi) is 7.06. The molecule has 0 radical (unpaired) electrons. The molecule has 0 N–H and O–H groups in total. The predicted octanol–water partition coefficient (Wildman–Crippen LogP) is 7.99. The van der Waals surface area contributed by atoms with Gasteiger partial charge in [0.2, 0.25) is 0 Å². The van der Waals surface area contributed by atoms with Crippen LogP contribution in [-0.2, 0) is 9.53 Å². The van der Waals surface area contributed by atoms with Crippen LogP contribution in [0.4, 0.5) is 4.39 Å². The van der Waals surface area contributed by atoms with E-state index < -0.39 is 12.3 Å². The molecule has 184 valence electrons. The molecule has 32 heavy (non-hydrogen) atoms. The second-order valence-electron chi connectivity index (χ2n) is 13.3. The molecule has 0 spiro atoms. The minimum absolute atomic E-state index is 0.133. The van der Waals surface area contributed by atoms with Gasteiger partial charge in [-0.2, -0.15) is 0 Å². The van der Waals surface area contributed by atoms with Gasteiger partial charge in [-0.15, -0.1) is 0 Å². The summed E-state index contributed by atoms with van der Waals surface area (Å²) in [7, 11) is 0. The Morgan fingerprint density at radius 2 is 1.72 bits per heavy atom. The Hall–Kier alpha value is -0.600. The molecule has 4 aliphatic carbocycles. The molecule has 0 unspecified atom stereocenters. The topological polar surface area (TPSA) is 26.3 Å². The Morgan fingerprint density at radius 1 is 1.00 bits per heavy atom. The summed E-state index contributed by atoms with van der Waals surface area (Å²) in [5.74, 6) is 4.97. The van der Waals surface area contributed by atoms with Gasteiger partial charge >= 0.3 is 5.97 Å². The van der Waals surface area contributed by atoms with Gasteiger partial charge in [-0.05, 0) is 104 Å². The zero-order valence-corrected chi connectivity index (χ0v) is 21.7. The normalized spacial score (nSPS) is 46.8. The van der Waals surface area contributed by atoms with Gasteiger partial charge in [0.1, 0.15) is 12.3 Å². The fourth-order valence-corrected chi connectivity index (χ4v) is 9.58. The van der Waals surface area contributed by atoms with E-state index in [4.69, 9.17) is 4.74 Å². The maximum absolute atomic E-state index is 14.9. The lowest BCUT2D eigenvalue weighted by Crippen LogP contribution is -2.56. The van der Waals surface area contributed by atoms with E-state index in [-0.39, 0.29) is 11.4 Å². The number of carbonyl (C=O) groups is 1. The van der Waals surface area contributed by atoms with Crippen LogP contribution in [0, 0.1) is 52.3 Å². The van der Waals surface area contributed by atoms with Crippen LogP contribution in [0.15, 0.2) is 0 Å². The number of esters is 1. The molecule has 4 rings (SSSR count). The quantitative estimate of drug-likeness (QED) is 0.385. The summed E-state index contributed by atoms with van der Waals surface area (Å²) in [6, 6.07) is 0. The van der Waals surface area contributed by atoms with E-state index in [1.54, 1.807) is 0 Å². The minimum Gasteiger partial charge on any atom is -0.459 e. The van der Waals surface area contributed by atoms with Crippen molar-refractivity contribution >= 4 is 5.97 Å². The Balaban J connectivity index is 1.48. The van der Waals surface area contributed by atoms with Gasteiger partial charge in [-0.1, -0.05) is 53.9 Å². The molecule has 4 fully saturated rings. The third kappa shape index (κ3) is 4.28. The molecule has 0 bridgehead atoms. The number of rotatable bonds is 6. The first-order valence-corrected chi connectivity index (χ1v) is 13.9. The van der Waals surface area contributed by atoms with Gasteiger partial charge in [0.25, 0.3) is 0 Å². The van der Waals surface area contributed by atoms with Crippen LogP contribution < -0.4 is 0 Å². The molecule has 10 atom stereocenters. The number of fused-ring (bicyclic) bond motifs is 5. The second-order valence-corrected chi connectivity index (χ2v) is 13.3. The van der Waals surface area contributed by atoms with E-state index in [1.165, 1.54) is 64.7 Å². The van der Waals surface area contributed by atoms with Crippen LogP contribution in [0.25, 0.3) is 0 Å². The first kappa shape index (κ1) is 24.5. The van der Waals surface area contributed by atoms with Crippen LogP contribution in [0.5, 0.6) is 0 Å². The summed E-state index contributed by atoms with van der Waals surface area (Å²) in [6.07, 6.45) is 11.9. The number of alkyl halides is 1. The number of halogens is 1. The summed E-state index contributed by atoms with van der Waals surface area (Å²) in [4.78, 5) is 11.6. The average molecular weight is 449 g/mol. The molecule has 4 saturated carbocycles. The zero-order chi connectivity index (χ0) is 23.3. The van der Waals surface area contributed by atoms with E-state index in [2.05, 4.69) is 34.6 Å². The summed E-state index contributed by atoms with van der Waals surface area (Å²) in [5.41, 5.74) is 0.627. The molecular formula is C29H49FO2. The molecule has 0 heterocycles. The maximum atomic E-state index is 14.9. The fraction of sp³-hybridized carbons (Fsp3) is 0.966. The second kappa shape index (κ2) is 9.21. The van der Waals surface area contributed by atoms with Crippen molar-refractivity contribution in [1.82, 2.24) is 0 Å². The molecular weight excluding hydrogens is 399 g/mol. The number of ether oxygens (including phenoxy) is 1. The fourth-order valence-electron chi connectivity index (χ4n) is 9.58. The monoisotopic (exact) mass is 448 g/mol. The van der Waals surface area contributed by atoms with Crippen molar-refractivity contribution in [3.05, 3.63) is 0 Å². The molecule has 2 nitrogen and oxygen atoms in total. The first-order chi connectivity index (χ1) is 15.1. The third-order valence-corrected chi connectivity index (χ3v) is 11.1. The smallest absolute Gasteiger partial charge is 0.303 e. The van der Waals surface area contributed by atoms with Gasteiger partial charge in [0.05, 0.1) is 0 Å². The van der Waals surface area contributed by atoms with Crippen molar-refractivity contribution in [1.29, 1.82) is 0 Å². The van der Waals surface area contributed by atoms with E-state index in [1.807, 2.05) is 0 Å². The Labute approximate surface area is 196 Å². The van der Waals surface area contributed by atoms with Crippen LogP contribution in [-0.4, -0.2) is 18.2 Å². The predicted molar refractivity (Wildman–Crippen MR) is 129 cm³/mol. The molecule has 0 aromatic carbocycles. The summed E-state index contributed by atoms with van der Waals surface area (Å²) >= 11 is 0. The van der Waals surface area contributed by atoms with E-state index in [0.717, 1.165) is 36.0 Å². The highest BCUT2D eigenvalue weighted by molar-refractivity contribution is 5.66. The van der Waals surface area contributed by atoms with Crippen molar-refractivity contribution in [2.45, 2.75) is 124 Å². The van der Waals surface area contributed by atoms with Crippen molar-refractivity contribution < 1.29 is 13.9 Å². The van der Waals surface area contributed by atoms with Gasteiger partial charge in [-0.25, -0.2) is 4.39 Å². The van der Waals surface area contributed by atoms with Crippen molar-refractivity contribution in [2.24, 2.45) is 52.3 Å². The van der Waals surface area contributed by atoms with Crippen molar-refractivity contribution in [3.63, 3.8) is 0 Å². The van der Waals surface area contributed by atoms with Gasteiger partial charge in [-0.3, -0.25) is 4.79 Å². The van der Waals surface area contributed by atoms with Crippen LogP contribution in [0.3, 0.4) is 0 Å². The number of hydrogen-bond donors (Lipinski definition) is 0. The Bertz CT molecular complexity index is 676. The van der Waals surface area contributed by atoms with Crippen LogP contribution in [0.1, 0.15) is 112 Å². The molecule has 4 aliphatic rings. The molecule has 0 aromatic heterocycles. The molecule has 0 saturated heterocycles. The minimum atomic E-state index is -0.982. The highest BCUT2D eigenvalue weighted by Gasteiger charge is 2.61. The lowest BCUT2D eigenvalue weighted by Gasteiger charge is -2.61. The van der Waals surface area contributed by atoms with Gasteiger partial charge in [0.15, 0.2) is 0 Å². The average Bonchev–Trinajstić information content (AvgIpc) is 3.05. The summed E-state index contributed by atoms with van der Waals surface area (Å²) in [5, 5.41) is 0. The van der Waals surface area contributed by atoms with E-state index in [0.29, 0.717) is 23.7 Å². The van der Waals surface area contributed by atoms with Crippen molar-refractivity contribution in [2.75, 3.05) is 0 Å². The first-order valence-electron chi connectivity index (χ1n) is 13.9. The highest BCUT2D eigenvalue weighted by atomic mass is 19.1. The van der Waals surface area contributed by atoms with Crippen molar-refractivity contribution in [3.8, 4) is 0 Å². The number of carbonyl (C=O) groups excluding carboxylic acids is 1. The maximum Gasteiger partial charge on any atom is 0.303 e. The molecule has 3 heteroatoms. The van der Waals surface area contributed by atoms with Gasteiger partial charge in [0, 0.05) is 6.92 Å². The Morgan fingerprint density at radius 3 is 2.41 bits per heavy atom. The highest BCUT2D eigenvalue weighted by Crippen LogP contribution is 2.68. The van der Waals surface area contributed by atoms with E-state index in [9.17, 15) is 9.18 Å².